The van der Waals surface area contributed by atoms with Crippen LogP contribution in [-0.2, 0) is 16.0 Å². The average molecular weight is 371 g/mol. The molecule has 3 rings (SSSR count). The van der Waals surface area contributed by atoms with Gasteiger partial charge in [0.2, 0.25) is 5.91 Å². The fourth-order valence-corrected chi connectivity index (χ4v) is 3.25. The number of hydrogen-bond donors (Lipinski definition) is 3. The minimum Gasteiger partial charge on any atom is -0.446 e. The van der Waals surface area contributed by atoms with E-state index in [1.54, 1.807) is 6.20 Å². The van der Waals surface area contributed by atoms with Gasteiger partial charge in [0.05, 0.1) is 6.42 Å². The second-order valence-corrected chi connectivity index (χ2v) is 6.81. The normalized spacial score (nSPS) is 18.9. The summed E-state index contributed by atoms with van der Waals surface area (Å²) in [6.45, 7) is 4.32. The van der Waals surface area contributed by atoms with Gasteiger partial charge in [-0.1, -0.05) is 6.07 Å². The third-order valence-electron chi connectivity index (χ3n) is 4.62. The van der Waals surface area contributed by atoms with Crippen LogP contribution in [0.25, 0.3) is 0 Å². The Balaban J connectivity index is 1.50. The second-order valence-electron chi connectivity index (χ2n) is 6.81. The number of aromatic amines is 1. The van der Waals surface area contributed by atoms with Gasteiger partial charge in [0, 0.05) is 36.1 Å². The summed E-state index contributed by atoms with van der Waals surface area (Å²) in [6, 6.07) is 5.63. The molecule has 2 amide bonds. The molecule has 2 heterocycles. The number of H-pyrrole nitrogens is 1. The fraction of sp³-hybridized carbons (Fsp3) is 0.474. The molecule has 8 heteroatoms. The molecule has 2 atom stereocenters. The van der Waals surface area contributed by atoms with Crippen molar-refractivity contribution in [3.8, 4) is 0 Å². The van der Waals surface area contributed by atoms with Crippen LogP contribution in [0.15, 0.2) is 24.4 Å². The molecule has 144 valence electrons. The molecule has 0 bridgehead atoms. The summed E-state index contributed by atoms with van der Waals surface area (Å²) < 4.78 is 5.39. The number of carbonyl (C=O) groups is 2. The summed E-state index contributed by atoms with van der Waals surface area (Å²) in [5, 5.41) is 12.6. The van der Waals surface area contributed by atoms with Crippen LogP contribution in [0, 0.1) is 6.92 Å². The van der Waals surface area contributed by atoms with Crippen molar-refractivity contribution < 1.29 is 14.3 Å². The summed E-state index contributed by atoms with van der Waals surface area (Å²) in [6.07, 6.45) is 3.99. The largest absolute Gasteiger partial charge is 0.446 e. The summed E-state index contributed by atoms with van der Waals surface area (Å²) in [5.41, 5.74) is 2.72. The highest BCUT2D eigenvalue weighted by atomic mass is 16.6. The molecule has 0 unspecified atom stereocenters. The number of rotatable bonds is 6. The Hall–Kier alpha value is -2.90. The van der Waals surface area contributed by atoms with E-state index in [4.69, 9.17) is 4.74 Å². The lowest BCUT2D eigenvalue weighted by Crippen LogP contribution is -2.27. The van der Waals surface area contributed by atoms with Gasteiger partial charge in [-0.3, -0.25) is 14.9 Å². The number of anilines is 1. The molecule has 0 saturated heterocycles. The van der Waals surface area contributed by atoms with E-state index in [1.807, 2.05) is 32.0 Å². The van der Waals surface area contributed by atoms with E-state index in [9.17, 15) is 9.59 Å². The molecule has 0 radical (unpaired) electrons. The molecular formula is C19H25N5O3. The number of nitrogens with zero attached hydrogens (tertiary/aromatic N) is 2. The molecule has 0 spiro atoms. The number of ether oxygens (including phenoxy) is 1. The number of carbonyl (C=O) groups excluding carboxylic acids is 2. The number of pyridine rings is 1. The maximum absolute atomic E-state index is 12.2. The Morgan fingerprint density at radius 1 is 1.33 bits per heavy atom. The van der Waals surface area contributed by atoms with Crippen molar-refractivity contribution in [2.45, 2.75) is 51.6 Å². The monoisotopic (exact) mass is 371 g/mol. The fourth-order valence-electron chi connectivity index (χ4n) is 3.25. The van der Waals surface area contributed by atoms with Gasteiger partial charge < -0.3 is 15.4 Å². The van der Waals surface area contributed by atoms with E-state index in [0.29, 0.717) is 12.4 Å². The first-order valence-corrected chi connectivity index (χ1v) is 9.24. The van der Waals surface area contributed by atoms with E-state index < -0.39 is 0 Å². The molecular weight excluding hydrogens is 346 g/mol. The first kappa shape index (κ1) is 18.9. The number of hydrogen-bond acceptors (Lipinski definition) is 5. The van der Waals surface area contributed by atoms with Gasteiger partial charge in [-0.15, -0.1) is 0 Å². The predicted octanol–water partition coefficient (Wildman–Crippen LogP) is 2.68. The van der Waals surface area contributed by atoms with Crippen LogP contribution in [0.4, 0.5) is 10.6 Å². The Morgan fingerprint density at radius 2 is 2.19 bits per heavy atom. The number of nitrogens with one attached hydrogen (secondary N) is 3. The van der Waals surface area contributed by atoms with Crippen molar-refractivity contribution in [3.63, 3.8) is 0 Å². The highest BCUT2D eigenvalue weighted by Crippen LogP contribution is 2.35. The summed E-state index contributed by atoms with van der Waals surface area (Å²) >= 11 is 0. The van der Waals surface area contributed by atoms with E-state index in [0.717, 1.165) is 36.2 Å². The number of aryl methyl sites for hydroxylation is 1. The average Bonchev–Trinajstić information content (AvgIpc) is 3.26. The van der Waals surface area contributed by atoms with Gasteiger partial charge in [0.15, 0.2) is 5.82 Å². The predicted molar refractivity (Wildman–Crippen MR) is 100 cm³/mol. The van der Waals surface area contributed by atoms with Gasteiger partial charge in [-0.2, -0.15) is 5.10 Å². The van der Waals surface area contributed by atoms with E-state index in [1.165, 1.54) is 0 Å². The molecule has 1 aliphatic rings. The highest BCUT2D eigenvalue weighted by Gasteiger charge is 2.29. The van der Waals surface area contributed by atoms with Gasteiger partial charge in [-0.25, -0.2) is 4.79 Å². The van der Waals surface area contributed by atoms with Gasteiger partial charge in [-0.05, 0) is 44.7 Å². The Labute approximate surface area is 158 Å². The summed E-state index contributed by atoms with van der Waals surface area (Å²) in [5.74, 6) is 0.606. The van der Waals surface area contributed by atoms with E-state index in [-0.39, 0.29) is 30.4 Å². The second kappa shape index (κ2) is 8.66. The topological polar surface area (TPSA) is 109 Å². The van der Waals surface area contributed by atoms with Crippen molar-refractivity contribution in [2.75, 3.05) is 11.9 Å². The zero-order chi connectivity index (χ0) is 19.2. The lowest BCUT2D eigenvalue weighted by Gasteiger charge is -2.12. The maximum atomic E-state index is 12.2. The molecule has 1 saturated carbocycles. The molecule has 0 aromatic carbocycles. The highest BCUT2D eigenvalue weighted by molar-refractivity contribution is 5.91. The van der Waals surface area contributed by atoms with Gasteiger partial charge >= 0.3 is 6.09 Å². The summed E-state index contributed by atoms with van der Waals surface area (Å²) in [4.78, 5) is 27.9. The molecule has 27 heavy (non-hydrogen) atoms. The van der Waals surface area contributed by atoms with Crippen molar-refractivity contribution in [3.05, 3.63) is 41.3 Å². The zero-order valence-corrected chi connectivity index (χ0v) is 15.6. The van der Waals surface area contributed by atoms with Crippen LogP contribution in [-0.4, -0.2) is 39.8 Å². The van der Waals surface area contributed by atoms with Crippen molar-refractivity contribution in [1.29, 1.82) is 0 Å². The molecule has 2 aromatic rings. The summed E-state index contributed by atoms with van der Waals surface area (Å²) in [7, 11) is 0. The van der Waals surface area contributed by atoms with E-state index >= 15 is 0 Å². The van der Waals surface area contributed by atoms with Crippen LogP contribution >= 0.6 is 0 Å². The van der Waals surface area contributed by atoms with Crippen LogP contribution in [0.5, 0.6) is 0 Å². The Morgan fingerprint density at radius 3 is 2.93 bits per heavy atom. The van der Waals surface area contributed by atoms with Crippen molar-refractivity contribution in [2.24, 2.45) is 0 Å². The maximum Gasteiger partial charge on any atom is 0.407 e. The van der Waals surface area contributed by atoms with E-state index in [2.05, 4.69) is 25.8 Å². The third-order valence-corrected chi connectivity index (χ3v) is 4.62. The van der Waals surface area contributed by atoms with Crippen molar-refractivity contribution >= 4 is 17.8 Å². The van der Waals surface area contributed by atoms with Gasteiger partial charge in [0.1, 0.15) is 6.10 Å². The standard InChI is InChI=1S/C19H25N5O3/c1-3-20-19(26)27-15-7-6-14(9-15)16-10-17(24-23-16)22-18(25)8-13-5-4-12(2)21-11-13/h4-5,10-11,14-15H,3,6-9H2,1-2H3,(H,20,26)(H2,22,23,24,25)/t14-,15+/m0/s1. The molecule has 2 aromatic heterocycles. The molecule has 3 N–H and O–H groups in total. The minimum absolute atomic E-state index is 0.0862. The van der Waals surface area contributed by atoms with Crippen LogP contribution < -0.4 is 10.6 Å². The first-order valence-electron chi connectivity index (χ1n) is 9.24. The number of amides is 2. The number of alkyl carbamates (subject to hydrolysis) is 1. The molecule has 1 aliphatic carbocycles. The minimum atomic E-state index is -0.369. The third kappa shape index (κ3) is 5.29. The van der Waals surface area contributed by atoms with Crippen molar-refractivity contribution in [1.82, 2.24) is 20.5 Å². The Bertz CT molecular complexity index is 787. The smallest absolute Gasteiger partial charge is 0.407 e. The quantitative estimate of drug-likeness (QED) is 0.723. The lowest BCUT2D eigenvalue weighted by molar-refractivity contribution is -0.115. The molecule has 8 nitrogen and oxygen atoms in total. The lowest BCUT2D eigenvalue weighted by atomic mass is 10.0. The zero-order valence-electron chi connectivity index (χ0n) is 15.6. The van der Waals surface area contributed by atoms with Crippen LogP contribution in [0.3, 0.4) is 0 Å². The van der Waals surface area contributed by atoms with Crippen LogP contribution in [0.2, 0.25) is 0 Å². The van der Waals surface area contributed by atoms with Gasteiger partial charge in [0.25, 0.3) is 0 Å². The molecule has 0 aliphatic heterocycles. The first-order chi connectivity index (χ1) is 13.0. The van der Waals surface area contributed by atoms with Crippen LogP contribution in [0.1, 0.15) is 49.1 Å². The Kier molecular flexibility index (Phi) is 6.05. The molecule has 1 fully saturated rings. The number of aromatic nitrogens is 3. The SMILES string of the molecule is CCNC(=O)O[C@@H]1CC[C@H](c2cc(NC(=O)Cc3ccc(C)nc3)n[nH]2)C1.